The summed E-state index contributed by atoms with van der Waals surface area (Å²) in [7, 11) is -3.44. The minimum atomic E-state index is -3.44. The van der Waals surface area contributed by atoms with Crippen molar-refractivity contribution >= 4 is 10.0 Å². The third kappa shape index (κ3) is 4.19. The average molecular weight is 331 g/mol. The first-order valence-electron chi connectivity index (χ1n) is 7.83. The second kappa shape index (κ2) is 6.83. The molecule has 1 saturated carbocycles. The van der Waals surface area contributed by atoms with Gasteiger partial charge in [-0.15, -0.1) is 0 Å². The van der Waals surface area contributed by atoms with Crippen LogP contribution in [0.3, 0.4) is 0 Å². The van der Waals surface area contributed by atoms with Crippen LogP contribution in [0.4, 0.5) is 0 Å². The van der Waals surface area contributed by atoms with Crippen LogP contribution in [0.25, 0.3) is 0 Å². The average Bonchev–Trinajstić information content (AvgIpc) is 3.38. The number of hydrogen-bond donors (Lipinski definition) is 1. The fourth-order valence-electron chi connectivity index (χ4n) is 2.67. The fraction of sp³-hybridized carbons (Fsp3) is 0.333. The van der Waals surface area contributed by atoms with Crippen molar-refractivity contribution < 1.29 is 13.5 Å². The van der Waals surface area contributed by atoms with E-state index >= 15 is 0 Å². The largest absolute Gasteiger partial charge is 0.387 e. The Bertz CT molecular complexity index is 727. The smallest absolute Gasteiger partial charge is 0.218 e. The summed E-state index contributed by atoms with van der Waals surface area (Å²) in [5.41, 5.74) is 1.51. The van der Waals surface area contributed by atoms with E-state index in [0.29, 0.717) is 0 Å². The lowest BCUT2D eigenvalue weighted by Gasteiger charge is -2.25. The van der Waals surface area contributed by atoms with Gasteiger partial charge in [0.1, 0.15) is 0 Å². The molecule has 0 spiro atoms. The van der Waals surface area contributed by atoms with Gasteiger partial charge in [-0.3, -0.25) is 0 Å². The zero-order valence-electron chi connectivity index (χ0n) is 12.9. The lowest BCUT2D eigenvalue weighted by atomic mass is 10.1. The molecule has 1 aliphatic rings. The first kappa shape index (κ1) is 16.2. The maximum atomic E-state index is 12.8. The lowest BCUT2D eigenvalue weighted by molar-refractivity contribution is 0.145. The Hall–Kier alpha value is -1.69. The zero-order valence-corrected chi connectivity index (χ0v) is 13.7. The fourth-order valence-corrected chi connectivity index (χ4v) is 4.48. The van der Waals surface area contributed by atoms with E-state index in [4.69, 9.17) is 0 Å². The highest BCUT2D eigenvalue weighted by Crippen LogP contribution is 2.32. The molecule has 0 saturated heterocycles. The molecule has 3 rings (SSSR count). The molecule has 122 valence electrons. The SMILES string of the molecule is O=S(=O)(Cc1ccccc1)N(C[C@@H](O)c1ccccc1)C1CC1. The van der Waals surface area contributed by atoms with Gasteiger partial charge in [0.25, 0.3) is 0 Å². The standard InChI is InChI=1S/C18H21NO3S/c20-18(16-9-5-2-6-10-16)13-19(17-11-12-17)23(21,22)14-15-7-3-1-4-8-15/h1-10,17-18,20H,11-14H2/t18-/m1/s1. The zero-order chi connectivity index (χ0) is 16.3. The summed E-state index contributed by atoms with van der Waals surface area (Å²) in [6.45, 7) is 0.115. The van der Waals surface area contributed by atoms with Crippen molar-refractivity contribution in [1.82, 2.24) is 4.31 Å². The first-order valence-corrected chi connectivity index (χ1v) is 9.43. The summed E-state index contributed by atoms with van der Waals surface area (Å²) < 4.78 is 27.0. The van der Waals surface area contributed by atoms with Crippen molar-refractivity contribution in [2.24, 2.45) is 0 Å². The Morgan fingerprint density at radius 1 is 1.00 bits per heavy atom. The molecule has 0 aliphatic heterocycles. The number of aliphatic hydroxyl groups excluding tert-OH is 1. The van der Waals surface area contributed by atoms with Gasteiger partial charge in [-0.2, -0.15) is 4.31 Å². The van der Waals surface area contributed by atoms with Crippen molar-refractivity contribution in [3.63, 3.8) is 0 Å². The molecule has 1 fully saturated rings. The molecule has 23 heavy (non-hydrogen) atoms. The van der Waals surface area contributed by atoms with Crippen LogP contribution in [0.5, 0.6) is 0 Å². The number of hydrogen-bond acceptors (Lipinski definition) is 3. The Morgan fingerprint density at radius 2 is 1.57 bits per heavy atom. The molecule has 0 radical (unpaired) electrons. The highest BCUT2D eigenvalue weighted by molar-refractivity contribution is 7.88. The van der Waals surface area contributed by atoms with Crippen molar-refractivity contribution in [2.45, 2.75) is 30.7 Å². The van der Waals surface area contributed by atoms with E-state index < -0.39 is 16.1 Å². The van der Waals surface area contributed by atoms with Gasteiger partial charge >= 0.3 is 0 Å². The second-order valence-corrected chi connectivity index (χ2v) is 7.89. The van der Waals surface area contributed by atoms with Gasteiger partial charge in [0.05, 0.1) is 11.9 Å². The van der Waals surface area contributed by atoms with Crippen LogP contribution in [-0.2, 0) is 15.8 Å². The van der Waals surface area contributed by atoms with E-state index in [1.165, 1.54) is 4.31 Å². The molecule has 1 atom stereocenters. The van der Waals surface area contributed by atoms with E-state index in [0.717, 1.165) is 24.0 Å². The normalized spacial score (nSPS) is 16.4. The Balaban J connectivity index is 1.76. The van der Waals surface area contributed by atoms with Crippen LogP contribution in [0.2, 0.25) is 0 Å². The summed E-state index contributed by atoms with van der Waals surface area (Å²) in [5.74, 6) is -0.0220. The molecular formula is C18H21NO3S. The predicted octanol–water partition coefficient (Wildman–Crippen LogP) is 2.71. The summed E-state index contributed by atoms with van der Waals surface area (Å²) in [6, 6.07) is 18.4. The topological polar surface area (TPSA) is 57.6 Å². The Labute approximate surface area is 137 Å². The number of rotatable bonds is 7. The summed E-state index contributed by atoms with van der Waals surface area (Å²) in [5, 5.41) is 10.4. The van der Waals surface area contributed by atoms with E-state index in [9.17, 15) is 13.5 Å². The van der Waals surface area contributed by atoms with Crippen molar-refractivity contribution in [2.75, 3.05) is 6.54 Å². The molecule has 0 heterocycles. The molecule has 5 heteroatoms. The minimum Gasteiger partial charge on any atom is -0.387 e. The molecule has 2 aromatic rings. The molecule has 0 bridgehead atoms. The first-order chi connectivity index (χ1) is 11.1. The van der Waals surface area contributed by atoms with E-state index in [-0.39, 0.29) is 18.3 Å². The van der Waals surface area contributed by atoms with Gasteiger partial charge in [0, 0.05) is 12.6 Å². The van der Waals surface area contributed by atoms with Crippen LogP contribution in [-0.4, -0.2) is 30.4 Å². The second-order valence-electron chi connectivity index (χ2n) is 5.97. The molecule has 0 amide bonds. The van der Waals surface area contributed by atoms with Crippen LogP contribution in [0, 0.1) is 0 Å². The molecule has 2 aromatic carbocycles. The quantitative estimate of drug-likeness (QED) is 0.849. The highest BCUT2D eigenvalue weighted by Gasteiger charge is 2.38. The van der Waals surface area contributed by atoms with Gasteiger partial charge < -0.3 is 5.11 Å². The third-order valence-electron chi connectivity index (χ3n) is 4.04. The van der Waals surface area contributed by atoms with Gasteiger partial charge in [0.2, 0.25) is 10.0 Å². The van der Waals surface area contributed by atoms with Crippen LogP contribution in [0.1, 0.15) is 30.1 Å². The van der Waals surface area contributed by atoms with Crippen molar-refractivity contribution in [3.05, 3.63) is 71.8 Å². The van der Waals surface area contributed by atoms with Gasteiger partial charge in [-0.1, -0.05) is 60.7 Å². The van der Waals surface area contributed by atoms with Crippen molar-refractivity contribution in [1.29, 1.82) is 0 Å². The van der Waals surface area contributed by atoms with E-state index in [1.807, 2.05) is 60.7 Å². The summed E-state index contributed by atoms with van der Waals surface area (Å²) in [4.78, 5) is 0. The Kier molecular flexibility index (Phi) is 4.80. The maximum absolute atomic E-state index is 12.8. The van der Waals surface area contributed by atoms with Crippen LogP contribution < -0.4 is 0 Å². The van der Waals surface area contributed by atoms with E-state index in [1.54, 1.807) is 0 Å². The molecule has 1 aliphatic carbocycles. The molecule has 4 nitrogen and oxygen atoms in total. The summed E-state index contributed by atoms with van der Waals surface area (Å²) in [6.07, 6.45) is 0.938. The lowest BCUT2D eigenvalue weighted by Crippen LogP contribution is -2.37. The Morgan fingerprint density at radius 3 is 2.13 bits per heavy atom. The van der Waals surface area contributed by atoms with Crippen molar-refractivity contribution in [3.8, 4) is 0 Å². The number of nitrogens with zero attached hydrogens (tertiary/aromatic N) is 1. The molecule has 0 unspecified atom stereocenters. The predicted molar refractivity (Wildman–Crippen MR) is 90.2 cm³/mol. The number of sulfonamides is 1. The minimum absolute atomic E-state index is 0.0220. The summed E-state index contributed by atoms with van der Waals surface area (Å²) >= 11 is 0. The van der Waals surface area contributed by atoms with Crippen LogP contribution >= 0.6 is 0 Å². The third-order valence-corrected chi connectivity index (χ3v) is 5.90. The van der Waals surface area contributed by atoms with Gasteiger partial charge in [-0.05, 0) is 24.0 Å². The van der Waals surface area contributed by atoms with Gasteiger partial charge in [-0.25, -0.2) is 8.42 Å². The number of benzene rings is 2. The maximum Gasteiger partial charge on any atom is 0.218 e. The van der Waals surface area contributed by atoms with E-state index in [2.05, 4.69) is 0 Å². The molecular weight excluding hydrogens is 310 g/mol. The molecule has 1 N–H and O–H groups in total. The number of aliphatic hydroxyl groups is 1. The van der Waals surface area contributed by atoms with Crippen LogP contribution in [0.15, 0.2) is 60.7 Å². The van der Waals surface area contributed by atoms with Gasteiger partial charge in [0.15, 0.2) is 0 Å². The highest BCUT2D eigenvalue weighted by atomic mass is 32.2. The molecule has 0 aromatic heterocycles. The monoisotopic (exact) mass is 331 g/mol.